The fourth-order valence-corrected chi connectivity index (χ4v) is 11.0. The molecule has 1 heterocycles. The van der Waals surface area contributed by atoms with Gasteiger partial charge in [-0.3, -0.25) is 57.5 Å². The Bertz CT molecular complexity index is 2470. The Kier molecular flexibility index (Phi) is 33.3. The van der Waals surface area contributed by atoms with Crippen molar-refractivity contribution in [2.24, 2.45) is 47.2 Å². The average Bonchev–Trinajstić information content (AvgIpc) is 2.57. The molecule has 1 rings (SSSR count). The number of amides is 11. The van der Waals surface area contributed by atoms with Crippen molar-refractivity contribution in [2.75, 3.05) is 62.4 Å². The van der Waals surface area contributed by atoms with Gasteiger partial charge in [0.2, 0.25) is 65.0 Å². The molecule has 0 aromatic heterocycles. The number of likely N-dealkylation sites (N-methyl/N-ethyl adjacent to an activating group) is 7. The molecule has 1 saturated heterocycles. The Hall–Kier alpha value is -6.66. The van der Waals surface area contributed by atoms with Crippen LogP contribution in [0, 0.1) is 41.4 Å². The summed E-state index contributed by atoms with van der Waals surface area (Å²) in [4.78, 5) is 183. The highest BCUT2D eigenvalue weighted by Gasteiger charge is 2.47. The van der Waals surface area contributed by atoms with Gasteiger partial charge in [0.05, 0.1) is 13.1 Å². The van der Waals surface area contributed by atoms with Crippen LogP contribution in [0.2, 0.25) is 0 Å². The molecule has 25 heteroatoms. The van der Waals surface area contributed by atoms with E-state index in [9.17, 15) is 38.4 Å². The smallest absolute Gasteiger partial charge is 0.320 e. The molecule has 1 fully saturated rings. The molecule has 0 spiro atoms. The molecule has 1 aliphatic heterocycles. The van der Waals surface area contributed by atoms with Crippen LogP contribution in [-0.2, 0) is 62.3 Å². The molecule has 25 nitrogen and oxygen atoms in total. The minimum absolute atomic E-state index is 0.0216. The van der Waals surface area contributed by atoms with Crippen LogP contribution in [0.15, 0.2) is 12.2 Å². The second-order valence-corrected chi connectivity index (χ2v) is 26.8. The third kappa shape index (κ3) is 23.0. The van der Waals surface area contributed by atoms with Gasteiger partial charge < -0.3 is 66.0 Å². The van der Waals surface area contributed by atoms with Crippen LogP contribution in [-0.4, -0.2) is 234 Å². The quantitative estimate of drug-likeness (QED) is 0.103. The van der Waals surface area contributed by atoms with Gasteiger partial charge in [0, 0.05) is 49.3 Å². The van der Waals surface area contributed by atoms with Crippen LogP contribution in [0.5, 0.6) is 0 Å². The molecule has 6 N–H and O–H groups in total. The largest absolute Gasteiger partial charge is 0.458 e. The summed E-state index contributed by atoms with van der Waals surface area (Å²) in [7, 11) is 9.82. The molecule has 0 aromatic rings. The van der Waals surface area contributed by atoms with E-state index in [0.29, 0.717) is 0 Å². The highest BCUT2D eigenvalue weighted by Crippen LogP contribution is 2.27. The van der Waals surface area contributed by atoms with E-state index in [2.05, 4.69) is 21.3 Å². The molecule has 0 bridgehead atoms. The number of allylic oxidation sites excluding steroid dienone is 2. The monoisotopic (exact) mass is 1260 g/mol. The van der Waals surface area contributed by atoms with E-state index in [1.807, 2.05) is 55.4 Å². The van der Waals surface area contributed by atoms with Gasteiger partial charge in [-0.1, -0.05) is 109 Å². The zero-order chi connectivity index (χ0) is 69.0. The third-order valence-corrected chi connectivity index (χ3v) is 16.5. The first-order valence-electron chi connectivity index (χ1n) is 31.7. The van der Waals surface area contributed by atoms with Gasteiger partial charge in [0.25, 0.3) is 0 Å². The van der Waals surface area contributed by atoms with Crippen LogP contribution < -0.4 is 27.0 Å². The second kappa shape index (κ2) is 36.9. The summed E-state index contributed by atoms with van der Waals surface area (Å²) in [5.41, 5.74) is 5.79. The molecular formula is C64H114N12O13. The molecular weight excluding hydrogens is 1140 g/mol. The number of ether oxygens (including phenoxy) is 1. The number of hydrogen-bond acceptors (Lipinski definition) is 14. The van der Waals surface area contributed by atoms with Crippen LogP contribution in [0.25, 0.3) is 0 Å². The molecule has 0 radical (unpaired) electrons. The summed E-state index contributed by atoms with van der Waals surface area (Å²) in [5, 5.41) is 11.0. The van der Waals surface area contributed by atoms with Crippen LogP contribution >= 0.6 is 0 Å². The minimum Gasteiger partial charge on any atom is -0.458 e. The van der Waals surface area contributed by atoms with Crippen molar-refractivity contribution in [1.29, 1.82) is 0 Å². The summed E-state index contributed by atoms with van der Waals surface area (Å²) in [6.07, 6.45) is 2.95. The van der Waals surface area contributed by atoms with Gasteiger partial charge in [-0.25, -0.2) is 0 Å². The van der Waals surface area contributed by atoms with E-state index in [0.717, 1.165) is 9.80 Å². The lowest BCUT2D eigenvalue weighted by molar-refractivity contribution is -0.164. The summed E-state index contributed by atoms with van der Waals surface area (Å²) in [6, 6.07) is -12.7. The number of esters is 1. The molecule has 0 unspecified atom stereocenters. The maximum atomic E-state index is 15.4. The number of carbonyl (C=O) groups excluding carboxylic acids is 12. The van der Waals surface area contributed by atoms with Crippen LogP contribution in [0.3, 0.4) is 0 Å². The standard InChI is InChI=1S/C64H114N12O13/c1-25-27-28-41(15)54(89-50(78)33-65)53-58(82)68-44(26-2)60(84)70(18)34-49(77)71(19)45(29-35(3)4)57(81)69-51(39(11)12)63(87)72(20)46(30-36(5)6)56(80)66-42(16)55(79)67-43(17)59(83)73(21)47(31-37(7)8)61(85)74(22)48(32-38(9)10)62(86)75(23)52(40(13)14)64(88)76(53)24/h25,27,35-48,51-54H,26,28-34,65H2,1-24H3,(H,66,80)(H,67,79)(H,68,82)(H,69,81)/t41-,42+,43-,44+,45+,46+,47+,48+,51+,52+,53+,54-/m1/s1. The zero-order valence-corrected chi connectivity index (χ0v) is 58.2. The van der Waals surface area contributed by atoms with E-state index in [1.54, 1.807) is 60.6 Å². The molecule has 12 atom stereocenters. The van der Waals surface area contributed by atoms with Gasteiger partial charge in [-0.15, -0.1) is 0 Å². The lowest BCUT2D eigenvalue weighted by atomic mass is 9.91. The fraction of sp³-hybridized carbons (Fsp3) is 0.781. The second-order valence-electron chi connectivity index (χ2n) is 26.8. The normalized spacial score (nSPS) is 26.1. The SMILES string of the molecule is CC=CC[C@@H](C)[C@@H](OC(=O)CN)[C@H]1C(=O)N[C@@H](CC)C(=O)N(C)CC(=O)N(C)[C@@H](CC(C)C)C(=O)N[C@@H](C(C)C)C(=O)N(C)[C@@H](CC(C)C)C(=O)N[C@@H](C)C(=O)N[C@H](C)C(=O)N(C)[C@@H](CC(C)C)C(=O)N(C)[C@@H](CC(C)C)C(=O)N(C)[C@@H](C(C)C)C(=O)N1C. The number of nitrogens with one attached hydrogen (secondary N) is 4. The molecule has 11 amide bonds. The van der Waals surface area contributed by atoms with Gasteiger partial charge in [0.15, 0.2) is 0 Å². The molecule has 508 valence electrons. The molecule has 89 heavy (non-hydrogen) atoms. The van der Waals surface area contributed by atoms with Crippen molar-refractivity contribution in [1.82, 2.24) is 55.6 Å². The number of nitrogens with two attached hydrogens (primary N) is 1. The van der Waals surface area contributed by atoms with Crippen molar-refractivity contribution < 1.29 is 62.3 Å². The summed E-state index contributed by atoms with van der Waals surface area (Å²) < 4.78 is 5.95. The Morgan fingerprint density at radius 1 is 0.506 bits per heavy atom. The fourth-order valence-electron chi connectivity index (χ4n) is 11.0. The maximum absolute atomic E-state index is 15.4. The first-order valence-corrected chi connectivity index (χ1v) is 31.7. The van der Waals surface area contributed by atoms with Gasteiger partial charge in [-0.05, 0) is 101 Å². The van der Waals surface area contributed by atoms with Crippen molar-refractivity contribution in [3.8, 4) is 0 Å². The van der Waals surface area contributed by atoms with E-state index in [1.165, 1.54) is 87.7 Å². The summed E-state index contributed by atoms with van der Waals surface area (Å²) >= 11 is 0. The van der Waals surface area contributed by atoms with Crippen molar-refractivity contribution in [2.45, 2.75) is 223 Å². The minimum atomic E-state index is -1.66. The lowest BCUT2D eigenvalue weighted by Crippen LogP contribution is -2.64. The molecule has 0 aliphatic carbocycles. The van der Waals surface area contributed by atoms with Gasteiger partial charge >= 0.3 is 5.97 Å². The Morgan fingerprint density at radius 2 is 0.933 bits per heavy atom. The highest BCUT2D eigenvalue weighted by molar-refractivity contribution is 5.99. The summed E-state index contributed by atoms with van der Waals surface area (Å²) in [5.74, 6) is -11.1. The number of carbonyl (C=O) groups is 12. The maximum Gasteiger partial charge on any atom is 0.320 e. The highest BCUT2D eigenvalue weighted by atomic mass is 16.5. The Morgan fingerprint density at radius 3 is 1.38 bits per heavy atom. The van der Waals surface area contributed by atoms with E-state index in [4.69, 9.17) is 10.5 Å². The summed E-state index contributed by atoms with van der Waals surface area (Å²) in [6.45, 7) is 28.5. The van der Waals surface area contributed by atoms with Crippen molar-refractivity contribution in [3.05, 3.63) is 12.2 Å². The number of rotatable bonds is 17. The van der Waals surface area contributed by atoms with Crippen LogP contribution in [0.1, 0.15) is 156 Å². The topological polar surface area (TPSA) is 311 Å². The van der Waals surface area contributed by atoms with E-state index < -0.39 is 168 Å². The average molecular weight is 1260 g/mol. The molecule has 0 aromatic carbocycles. The van der Waals surface area contributed by atoms with Gasteiger partial charge in [-0.2, -0.15) is 0 Å². The van der Waals surface area contributed by atoms with Crippen molar-refractivity contribution >= 4 is 70.9 Å². The van der Waals surface area contributed by atoms with Crippen LogP contribution in [0.4, 0.5) is 0 Å². The van der Waals surface area contributed by atoms with E-state index in [-0.39, 0.29) is 62.2 Å². The predicted octanol–water partition coefficient (Wildman–Crippen LogP) is 2.78. The number of nitrogens with zero attached hydrogens (tertiary/aromatic N) is 7. The van der Waals surface area contributed by atoms with E-state index >= 15 is 19.2 Å². The first kappa shape index (κ1) is 80.4. The molecule has 0 saturated carbocycles. The zero-order valence-electron chi connectivity index (χ0n) is 58.2. The van der Waals surface area contributed by atoms with Crippen molar-refractivity contribution in [3.63, 3.8) is 0 Å². The van der Waals surface area contributed by atoms with Gasteiger partial charge in [0.1, 0.15) is 66.5 Å². The lowest BCUT2D eigenvalue weighted by Gasteiger charge is -2.42. The number of hydrogen-bond donors (Lipinski definition) is 5. The first-order chi connectivity index (χ1) is 41.1. The predicted molar refractivity (Wildman–Crippen MR) is 341 cm³/mol. The third-order valence-electron chi connectivity index (χ3n) is 16.5. The Balaban J connectivity index is 4.46. The Labute approximate surface area is 531 Å². The molecule has 1 aliphatic rings.